The van der Waals surface area contributed by atoms with Crippen LogP contribution in [0, 0.1) is 5.92 Å². The smallest absolute Gasteiger partial charge is 0.307 e. The van der Waals surface area contributed by atoms with Gasteiger partial charge in [0.15, 0.2) is 0 Å². The van der Waals surface area contributed by atoms with Crippen LogP contribution in [0.15, 0.2) is 24.3 Å². The van der Waals surface area contributed by atoms with E-state index < -0.39 is 5.97 Å². The van der Waals surface area contributed by atoms with Gasteiger partial charge in [0.05, 0.1) is 6.42 Å². The highest BCUT2D eigenvalue weighted by Gasteiger charge is 2.22. The Hall–Kier alpha value is -1.84. The van der Waals surface area contributed by atoms with Gasteiger partial charge in [-0.1, -0.05) is 12.1 Å². The molecule has 4 nitrogen and oxygen atoms in total. The van der Waals surface area contributed by atoms with E-state index in [1.807, 2.05) is 24.3 Å². The number of hydrogen-bond acceptors (Lipinski definition) is 3. The molecule has 0 amide bonds. The number of carboxylic acids is 1. The van der Waals surface area contributed by atoms with Gasteiger partial charge in [-0.15, -0.1) is 0 Å². The summed E-state index contributed by atoms with van der Waals surface area (Å²) >= 11 is 0. The Morgan fingerprint density at radius 3 is 2.26 bits per heavy atom. The van der Waals surface area contributed by atoms with Gasteiger partial charge in [0.25, 0.3) is 0 Å². The summed E-state index contributed by atoms with van der Waals surface area (Å²) in [6.07, 6.45) is 1.88. The largest absolute Gasteiger partial charge is 0.481 e. The number of nitrogens with zero attached hydrogens (tertiary/aromatic N) is 1. The highest BCUT2D eigenvalue weighted by atomic mass is 16.4. The number of carbonyl (C=O) groups is 2. The van der Waals surface area contributed by atoms with Crippen molar-refractivity contribution >= 4 is 17.4 Å². The molecule has 0 radical (unpaired) electrons. The Morgan fingerprint density at radius 1 is 1.21 bits per heavy atom. The summed E-state index contributed by atoms with van der Waals surface area (Å²) in [5.74, 6) is -0.311. The minimum atomic E-state index is -0.810. The average Bonchev–Trinajstić information content (AvgIpc) is 2.39. The second-order valence-corrected chi connectivity index (χ2v) is 5.11. The van der Waals surface area contributed by atoms with Crippen LogP contribution < -0.4 is 4.90 Å². The summed E-state index contributed by atoms with van der Waals surface area (Å²) in [4.78, 5) is 24.2. The van der Waals surface area contributed by atoms with Gasteiger partial charge in [0, 0.05) is 24.7 Å². The predicted molar refractivity (Wildman–Crippen MR) is 73.4 cm³/mol. The van der Waals surface area contributed by atoms with Crippen LogP contribution in [0.5, 0.6) is 0 Å². The van der Waals surface area contributed by atoms with Crippen LogP contribution in [0.25, 0.3) is 0 Å². The number of carboxylic acid groups (broad SMARTS) is 1. The van der Waals surface area contributed by atoms with Gasteiger partial charge in [0.1, 0.15) is 5.78 Å². The van der Waals surface area contributed by atoms with Crippen molar-refractivity contribution in [2.24, 2.45) is 5.92 Å². The van der Waals surface area contributed by atoms with Crippen molar-refractivity contribution in [3.63, 3.8) is 0 Å². The number of aliphatic carboxylic acids is 1. The first kappa shape index (κ1) is 13.6. The molecular weight excluding hydrogens is 242 g/mol. The Bertz CT molecular complexity index is 459. The van der Waals surface area contributed by atoms with Crippen LogP contribution in [0.2, 0.25) is 0 Å². The van der Waals surface area contributed by atoms with Crippen LogP contribution in [0.3, 0.4) is 0 Å². The van der Waals surface area contributed by atoms with Crippen molar-refractivity contribution in [1.29, 1.82) is 0 Å². The second-order valence-electron chi connectivity index (χ2n) is 5.11. The highest BCUT2D eigenvalue weighted by molar-refractivity contribution is 5.78. The fourth-order valence-electron chi connectivity index (χ4n) is 2.54. The summed E-state index contributed by atoms with van der Waals surface area (Å²) in [5, 5.41) is 8.72. The topological polar surface area (TPSA) is 57.6 Å². The number of ketones is 1. The lowest BCUT2D eigenvalue weighted by molar-refractivity contribution is -0.136. The summed E-state index contributed by atoms with van der Waals surface area (Å²) in [7, 11) is 0. The van der Waals surface area contributed by atoms with Crippen LogP contribution >= 0.6 is 0 Å². The van der Waals surface area contributed by atoms with E-state index in [9.17, 15) is 9.59 Å². The van der Waals surface area contributed by atoms with Crippen molar-refractivity contribution in [1.82, 2.24) is 0 Å². The third-order valence-corrected chi connectivity index (χ3v) is 3.73. The van der Waals surface area contributed by atoms with Gasteiger partial charge in [-0.05, 0) is 37.5 Å². The molecule has 0 spiro atoms. The third kappa shape index (κ3) is 3.56. The van der Waals surface area contributed by atoms with E-state index in [0.717, 1.165) is 37.2 Å². The Balaban J connectivity index is 1.96. The van der Waals surface area contributed by atoms with Gasteiger partial charge in [-0.2, -0.15) is 0 Å². The van der Waals surface area contributed by atoms with Crippen molar-refractivity contribution < 1.29 is 14.7 Å². The fourth-order valence-corrected chi connectivity index (χ4v) is 2.54. The first-order valence-corrected chi connectivity index (χ1v) is 6.62. The van der Waals surface area contributed by atoms with Crippen molar-refractivity contribution in [3.8, 4) is 0 Å². The average molecular weight is 261 g/mol. The lowest BCUT2D eigenvalue weighted by atomic mass is 9.93. The molecule has 1 aromatic carbocycles. The number of anilines is 1. The Kier molecular flexibility index (Phi) is 4.20. The van der Waals surface area contributed by atoms with Crippen LogP contribution in [0.4, 0.5) is 5.69 Å². The monoisotopic (exact) mass is 261 g/mol. The molecule has 1 saturated heterocycles. The molecule has 1 N–H and O–H groups in total. The lowest BCUT2D eigenvalue weighted by Gasteiger charge is -2.32. The number of carbonyl (C=O) groups excluding carboxylic acids is 1. The fraction of sp³-hybridized carbons (Fsp3) is 0.467. The zero-order valence-corrected chi connectivity index (χ0v) is 11.1. The van der Waals surface area contributed by atoms with E-state index in [-0.39, 0.29) is 18.1 Å². The standard InChI is InChI=1S/C15H19NO3/c1-11(17)13-6-8-16(9-7-13)14-4-2-12(3-5-14)10-15(18)19/h2-5,13H,6-10H2,1H3,(H,18,19). The van der Waals surface area contributed by atoms with E-state index in [0.29, 0.717) is 0 Å². The molecule has 0 atom stereocenters. The van der Waals surface area contributed by atoms with Gasteiger partial charge < -0.3 is 10.0 Å². The van der Waals surface area contributed by atoms with Gasteiger partial charge in [-0.3, -0.25) is 9.59 Å². The minimum Gasteiger partial charge on any atom is -0.481 e. The number of benzene rings is 1. The van der Waals surface area contributed by atoms with Gasteiger partial charge in [-0.25, -0.2) is 0 Å². The van der Waals surface area contributed by atoms with Gasteiger partial charge in [0.2, 0.25) is 0 Å². The first-order valence-electron chi connectivity index (χ1n) is 6.62. The normalized spacial score (nSPS) is 16.4. The molecule has 0 unspecified atom stereocenters. The molecule has 1 aliphatic rings. The first-order chi connectivity index (χ1) is 9.06. The molecule has 1 aliphatic heterocycles. The molecule has 1 fully saturated rings. The van der Waals surface area contributed by atoms with E-state index in [1.165, 1.54) is 0 Å². The number of hydrogen-bond donors (Lipinski definition) is 1. The molecule has 102 valence electrons. The van der Waals surface area contributed by atoms with E-state index in [4.69, 9.17) is 5.11 Å². The predicted octanol–water partition coefficient (Wildman–Crippen LogP) is 2.12. The Labute approximate surface area is 113 Å². The number of piperidine rings is 1. The quantitative estimate of drug-likeness (QED) is 0.902. The zero-order valence-electron chi connectivity index (χ0n) is 11.1. The van der Waals surface area contributed by atoms with Gasteiger partial charge >= 0.3 is 5.97 Å². The van der Waals surface area contributed by atoms with Crippen LogP contribution in [-0.4, -0.2) is 29.9 Å². The Morgan fingerprint density at radius 2 is 1.79 bits per heavy atom. The molecule has 0 bridgehead atoms. The lowest BCUT2D eigenvalue weighted by Crippen LogP contribution is -2.35. The van der Waals surface area contributed by atoms with E-state index in [1.54, 1.807) is 6.92 Å². The number of Topliss-reactive ketones (excluding diaryl/α,β-unsaturated/α-hetero) is 1. The van der Waals surface area contributed by atoms with Crippen molar-refractivity contribution in [2.45, 2.75) is 26.2 Å². The molecule has 4 heteroatoms. The summed E-state index contributed by atoms with van der Waals surface area (Å²) < 4.78 is 0. The SMILES string of the molecule is CC(=O)C1CCN(c2ccc(CC(=O)O)cc2)CC1. The summed E-state index contributed by atoms with van der Waals surface area (Å²) in [6, 6.07) is 7.65. The maximum atomic E-state index is 11.3. The highest BCUT2D eigenvalue weighted by Crippen LogP contribution is 2.24. The summed E-state index contributed by atoms with van der Waals surface area (Å²) in [6.45, 7) is 3.45. The van der Waals surface area contributed by atoms with Crippen LogP contribution in [0.1, 0.15) is 25.3 Å². The maximum Gasteiger partial charge on any atom is 0.307 e. The molecule has 0 aromatic heterocycles. The molecule has 0 saturated carbocycles. The molecule has 2 rings (SSSR count). The van der Waals surface area contributed by atoms with Crippen molar-refractivity contribution in [3.05, 3.63) is 29.8 Å². The van der Waals surface area contributed by atoms with E-state index >= 15 is 0 Å². The summed E-state index contributed by atoms with van der Waals surface area (Å²) in [5.41, 5.74) is 1.92. The molecule has 19 heavy (non-hydrogen) atoms. The van der Waals surface area contributed by atoms with E-state index in [2.05, 4.69) is 4.90 Å². The molecule has 0 aliphatic carbocycles. The maximum absolute atomic E-state index is 11.3. The second kappa shape index (κ2) is 5.87. The third-order valence-electron chi connectivity index (χ3n) is 3.73. The van der Waals surface area contributed by atoms with Crippen molar-refractivity contribution in [2.75, 3.05) is 18.0 Å². The number of rotatable bonds is 4. The molecule has 1 heterocycles. The van der Waals surface area contributed by atoms with Crippen LogP contribution in [-0.2, 0) is 16.0 Å². The minimum absolute atomic E-state index is 0.0622. The molecule has 1 aromatic rings. The zero-order chi connectivity index (χ0) is 13.8. The molecular formula is C15H19NO3.